The summed E-state index contributed by atoms with van der Waals surface area (Å²) < 4.78 is 1.60. The smallest absolute Gasteiger partial charge is 0.268 e. The number of aromatic nitrogens is 1. The lowest BCUT2D eigenvalue weighted by Gasteiger charge is -2.00. The van der Waals surface area contributed by atoms with E-state index in [0.29, 0.717) is 12.2 Å². The molecule has 70 valence electrons. The third-order valence-corrected chi connectivity index (χ3v) is 2.07. The summed E-state index contributed by atoms with van der Waals surface area (Å²) >= 11 is 6.39. The van der Waals surface area contributed by atoms with Gasteiger partial charge in [-0.15, -0.1) is 0 Å². The van der Waals surface area contributed by atoms with Gasteiger partial charge in [-0.1, -0.05) is 22.5 Å². The zero-order chi connectivity index (χ0) is 9.84. The van der Waals surface area contributed by atoms with Gasteiger partial charge in [-0.2, -0.15) is 0 Å². The van der Waals surface area contributed by atoms with Gasteiger partial charge in [0.1, 0.15) is 5.69 Å². The second-order valence-electron chi connectivity index (χ2n) is 2.43. The van der Waals surface area contributed by atoms with Gasteiger partial charge in [-0.05, 0) is 22.0 Å². The summed E-state index contributed by atoms with van der Waals surface area (Å²) in [5, 5.41) is 2.67. The summed E-state index contributed by atoms with van der Waals surface area (Å²) in [5.41, 5.74) is 0.528. The van der Waals surface area contributed by atoms with E-state index in [2.05, 4.69) is 48.7 Å². The Kier molecular flexibility index (Phi) is 3.74. The van der Waals surface area contributed by atoms with Crippen molar-refractivity contribution in [2.45, 2.75) is 0 Å². The SMILES string of the molecule is C=C(Br)CNC(=O)c1cc(Br)c[nH]1. The van der Waals surface area contributed by atoms with Gasteiger partial charge in [0, 0.05) is 21.7 Å². The van der Waals surface area contributed by atoms with E-state index in [0.717, 1.165) is 8.96 Å². The van der Waals surface area contributed by atoms with Crippen LogP contribution >= 0.6 is 31.9 Å². The van der Waals surface area contributed by atoms with E-state index in [1.165, 1.54) is 0 Å². The van der Waals surface area contributed by atoms with Crippen LogP contribution in [0.15, 0.2) is 27.8 Å². The monoisotopic (exact) mass is 306 g/mol. The van der Waals surface area contributed by atoms with Crippen LogP contribution in [0.5, 0.6) is 0 Å². The van der Waals surface area contributed by atoms with Crippen LogP contribution in [-0.4, -0.2) is 17.4 Å². The maximum atomic E-state index is 11.3. The molecule has 0 fully saturated rings. The zero-order valence-electron chi connectivity index (χ0n) is 6.73. The molecule has 0 saturated carbocycles. The molecule has 0 saturated heterocycles. The normalized spacial score (nSPS) is 9.69. The Bertz CT molecular complexity index is 333. The Morgan fingerprint density at radius 1 is 1.69 bits per heavy atom. The molecule has 0 radical (unpaired) electrons. The molecule has 1 amide bonds. The molecule has 13 heavy (non-hydrogen) atoms. The maximum absolute atomic E-state index is 11.3. The number of hydrogen-bond donors (Lipinski definition) is 2. The first kappa shape index (κ1) is 10.5. The molecule has 0 aliphatic rings. The minimum absolute atomic E-state index is 0.147. The fraction of sp³-hybridized carbons (Fsp3) is 0.125. The van der Waals surface area contributed by atoms with Gasteiger partial charge in [0.25, 0.3) is 5.91 Å². The van der Waals surface area contributed by atoms with E-state index in [-0.39, 0.29) is 5.91 Å². The van der Waals surface area contributed by atoms with Crippen molar-refractivity contribution in [1.29, 1.82) is 0 Å². The Morgan fingerprint density at radius 3 is 2.85 bits per heavy atom. The number of carbonyl (C=O) groups is 1. The highest BCUT2D eigenvalue weighted by Gasteiger charge is 2.06. The molecular formula is C8H8Br2N2O. The molecular weight excluding hydrogens is 300 g/mol. The third kappa shape index (κ3) is 3.36. The molecule has 2 N–H and O–H groups in total. The van der Waals surface area contributed by atoms with Crippen LogP contribution in [0.2, 0.25) is 0 Å². The second kappa shape index (κ2) is 4.62. The fourth-order valence-electron chi connectivity index (χ4n) is 0.770. The van der Waals surface area contributed by atoms with Gasteiger partial charge < -0.3 is 10.3 Å². The molecule has 0 aliphatic carbocycles. The van der Waals surface area contributed by atoms with Crippen molar-refractivity contribution in [3.63, 3.8) is 0 Å². The van der Waals surface area contributed by atoms with E-state index in [1.54, 1.807) is 12.3 Å². The van der Waals surface area contributed by atoms with Crippen LogP contribution in [0.3, 0.4) is 0 Å². The molecule has 5 heteroatoms. The number of H-pyrrole nitrogens is 1. The first-order chi connectivity index (χ1) is 6.09. The quantitative estimate of drug-likeness (QED) is 0.885. The molecule has 1 heterocycles. The Morgan fingerprint density at radius 2 is 2.38 bits per heavy atom. The summed E-state index contributed by atoms with van der Waals surface area (Å²) in [4.78, 5) is 14.2. The van der Waals surface area contributed by atoms with Crippen LogP contribution in [0.1, 0.15) is 10.5 Å². The topological polar surface area (TPSA) is 44.9 Å². The molecule has 0 unspecified atom stereocenters. The highest BCUT2D eigenvalue weighted by molar-refractivity contribution is 9.11. The minimum atomic E-state index is -0.147. The lowest BCUT2D eigenvalue weighted by Crippen LogP contribution is -2.24. The van der Waals surface area contributed by atoms with Crippen molar-refractivity contribution in [2.75, 3.05) is 6.54 Å². The average molecular weight is 308 g/mol. The highest BCUT2D eigenvalue weighted by atomic mass is 79.9. The summed E-state index contributed by atoms with van der Waals surface area (Å²) in [6.45, 7) is 4.03. The van der Waals surface area contributed by atoms with Crippen molar-refractivity contribution >= 4 is 37.8 Å². The van der Waals surface area contributed by atoms with Gasteiger partial charge in [-0.3, -0.25) is 4.79 Å². The highest BCUT2D eigenvalue weighted by Crippen LogP contribution is 2.10. The van der Waals surface area contributed by atoms with Crippen molar-refractivity contribution < 1.29 is 4.79 Å². The Hall–Kier alpha value is -0.550. The van der Waals surface area contributed by atoms with Crippen LogP contribution in [0.25, 0.3) is 0 Å². The van der Waals surface area contributed by atoms with Crippen molar-refractivity contribution in [2.24, 2.45) is 0 Å². The van der Waals surface area contributed by atoms with Crippen molar-refractivity contribution in [3.05, 3.63) is 33.5 Å². The number of hydrogen-bond acceptors (Lipinski definition) is 1. The molecule has 0 bridgehead atoms. The number of halogens is 2. The third-order valence-electron chi connectivity index (χ3n) is 1.33. The van der Waals surface area contributed by atoms with Crippen LogP contribution < -0.4 is 5.32 Å². The largest absolute Gasteiger partial charge is 0.356 e. The number of rotatable bonds is 3. The van der Waals surface area contributed by atoms with E-state index in [1.807, 2.05) is 0 Å². The zero-order valence-corrected chi connectivity index (χ0v) is 9.91. The molecule has 0 aromatic carbocycles. The minimum Gasteiger partial charge on any atom is -0.356 e. The molecule has 0 spiro atoms. The summed E-state index contributed by atoms with van der Waals surface area (Å²) in [6.07, 6.45) is 1.71. The standard InChI is InChI=1S/C8H8Br2N2O/c1-5(9)3-12-8(13)7-2-6(10)4-11-7/h2,4,11H,1,3H2,(H,12,13). The van der Waals surface area contributed by atoms with E-state index < -0.39 is 0 Å². The predicted octanol–water partition coefficient (Wildman–Crippen LogP) is 2.42. The first-order valence-corrected chi connectivity index (χ1v) is 5.13. The fourth-order valence-corrected chi connectivity index (χ4v) is 1.25. The molecule has 1 aromatic heterocycles. The van der Waals surface area contributed by atoms with Crippen LogP contribution in [-0.2, 0) is 0 Å². The van der Waals surface area contributed by atoms with Gasteiger partial charge in [-0.25, -0.2) is 0 Å². The van der Waals surface area contributed by atoms with Crippen LogP contribution in [0, 0.1) is 0 Å². The Balaban J connectivity index is 2.54. The number of amides is 1. The predicted molar refractivity (Wildman–Crippen MR) is 58.9 cm³/mol. The maximum Gasteiger partial charge on any atom is 0.268 e. The number of carbonyl (C=O) groups excluding carboxylic acids is 1. The van der Waals surface area contributed by atoms with Gasteiger partial charge in [0.05, 0.1) is 0 Å². The van der Waals surface area contributed by atoms with Crippen molar-refractivity contribution in [3.8, 4) is 0 Å². The lowest BCUT2D eigenvalue weighted by atomic mass is 10.4. The number of aromatic amines is 1. The molecule has 1 aromatic rings. The summed E-state index contributed by atoms with van der Waals surface area (Å²) in [6, 6.07) is 1.71. The second-order valence-corrected chi connectivity index (χ2v) is 4.47. The summed E-state index contributed by atoms with van der Waals surface area (Å²) in [7, 11) is 0. The van der Waals surface area contributed by atoms with Gasteiger partial charge in [0.15, 0.2) is 0 Å². The molecule has 1 rings (SSSR count). The van der Waals surface area contributed by atoms with E-state index >= 15 is 0 Å². The van der Waals surface area contributed by atoms with E-state index in [9.17, 15) is 4.79 Å². The molecule has 3 nitrogen and oxygen atoms in total. The molecule has 0 atom stereocenters. The molecule has 0 aliphatic heterocycles. The van der Waals surface area contributed by atoms with Gasteiger partial charge in [0.2, 0.25) is 0 Å². The van der Waals surface area contributed by atoms with Crippen molar-refractivity contribution in [1.82, 2.24) is 10.3 Å². The Labute approximate surface area is 92.9 Å². The number of nitrogens with one attached hydrogen (secondary N) is 2. The van der Waals surface area contributed by atoms with Crippen LogP contribution in [0.4, 0.5) is 0 Å². The lowest BCUT2D eigenvalue weighted by molar-refractivity contribution is 0.0953. The average Bonchev–Trinajstić information content (AvgIpc) is 2.47. The van der Waals surface area contributed by atoms with E-state index in [4.69, 9.17) is 0 Å². The summed E-state index contributed by atoms with van der Waals surface area (Å²) in [5.74, 6) is -0.147. The van der Waals surface area contributed by atoms with Gasteiger partial charge >= 0.3 is 0 Å². The first-order valence-electron chi connectivity index (χ1n) is 3.55.